The molecule has 0 saturated heterocycles. The standard InChI is InChI=1S/C15H20O5/c1-6-11(7-2)20-15(16)10-8-12(17-3)14(19-5)13(9-10)18-4/h6,8-9,11H,1,7H2,2-5H3. The zero-order valence-electron chi connectivity index (χ0n) is 12.3. The predicted molar refractivity (Wildman–Crippen MR) is 75.8 cm³/mol. The number of methoxy groups -OCH3 is 3. The monoisotopic (exact) mass is 280 g/mol. The van der Waals surface area contributed by atoms with Crippen molar-refractivity contribution in [1.29, 1.82) is 0 Å². The minimum atomic E-state index is -0.462. The van der Waals surface area contributed by atoms with Crippen LogP contribution in [0.25, 0.3) is 0 Å². The summed E-state index contributed by atoms with van der Waals surface area (Å²) in [5.74, 6) is 0.786. The molecule has 0 N–H and O–H groups in total. The first-order valence-corrected chi connectivity index (χ1v) is 6.24. The van der Waals surface area contributed by atoms with E-state index < -0.39 is 5.97 Å². The Labute approximate surface area is 119 Å². The van der Waals surface area contributed by atoms with Crippen LogP contribution in [0.15, 0.2) is 24.8 Å². The fraction of sp³-hybridized carbons (Fsp3) is 0.400. The molecule has 0 bridgehead atoms. The number of carbonyl (C=O) groups excluding carboxylic acids is 1. The van der Waals surface area contributed by atoms with Gasteiger partial charge in [-0.3, -0.25) is 0 Å². The van der Waals surface area contributed by atoms with Crippen molar-refractivity contribution >= 4 is 5.97 Å². The van der Waals surface area contributed by atoms with Crippen LogP contribution in [0.1, 0.15) is 23.7 Å². The van der Waals surface area contributed by atoms with Gasteiger partial charge in [0.05, 0.1) is 26.9 Å². The maximum Gasteiger partial charge on any atom is 0.338 e. The van der Waals surface area contributed by atoms with Crippen molar-refractivity contribution in [3.63, 3.8) is 0 Å². The van der Waals surface area contributed by atoms with Crippen molar-refractivity contribution in [3.8, 4) is 17.2 Å². The largest absolute Gasteiger partial charge is 0.493 e. The number of esters is 1. The van der Waals surface area contributed by atoms with Crippen LogP contribution in [0, 0.1) is 0 Å². The van der Waals surface area contributed by atoms with E-state index in [1.807, 2.05) is 6.92 Å². The van der Waals surface area contributed by atoms with Gasteiger partial charge in [0.2, 0.25) is 5.75 Å². The van der Waals surface area contributed by atoms with E-state index in [9.17, 15) is 4.79 Å². The summed E-state index contributed by atoms with van der Waals surface area (Å²) in [4.78, 5) is 12.1. The Kier molecular flexibility index (Phi) is 5.90. The molecule has 20 heavy (non-hydrogen) atoms. The molecule has 0 amide bonds. The highest BCUT2D eigenvalue weighted by Crippen LogP contribution is 2.38. The fourth-order valence-corrected chi connectivity index (χ4v) is 1.70. The normalized spacial score (nSPS) is 11.4. The van der Waals surface area contributed by atoms with Crippen LogP contribution in [0.2, 0.25) is 0 Å². The zero-order valence-corrected chi connectivity index (χ0v) is 12.3. The third kappa shape index (κ3) is 3.44. The molecule has 5 nitrogen and oxygen atoms in total. The van der Waals surface area contributed by atoms with E-state index in [1.165, 1.54) is 21.3 Å². The lowest BCUT2D eigenvalue weighted by atomic mass is 10.1. The van der Waals surface area contributed by atoms with Gasteiger partial charge in [-0.05, 0) is 18.6 Å². The van der Waals surface area contributed by atoms with Crippen molar-refractivity contribution < 1.29 is 23.7 Å². The van der Waals surface area contributed by atoms with Gasteiger partial charge in [0.15, 0.2) is 11.5 Å². The number of ether oxygens (including phenoxy) is 4. The molecule has 0 radical (unpaired) electrons. The first-order valence-electron chi connectivity index (χ1n) is 6.24. The van der Waals surface area contributed by atoms with E-state index in [-0.39, 0.29) is 6.10 Å². The van der Waals surface area contributed by atoms with Crippen LogP contribution >= 0.6 is 0 Å². The van der Waals surface area contributed by atoms with Gasteiger partial charge in [-0.1, -0.05) is 19.6 Å². The van der Waals surface area contributed by atoms with Gasteiger partial charge in [-0.15, -0.1) is 0 Å². The van der Waals surface area contributed by atoms with Crippen molar-refractivity contribution in [1.82, 2.24) is 0 Å². The number of benzene rings is 1. The van der Waals surface area contributed by atoms with Crippen LogP contribution in [0.3, 0.4) is 0 Å². The summed E-state index contributed by atoms with van der Waals surface area (Å²) in [5.41, 5.74) is 0.333. The molecule has 0 saturated carbocycles. The predicted octanol–water partition coefficient (Wildman–Crippen LogP) is 2.83. The highest BCUT2D eigenvalue weighted by molar-refractivity contribution is 5.91. The minimum absolute atomic E-state index is 0.318. The van der Waals surface area contributed by atoms with Gasteiger partial charge >= 0.3 is 5.97 Å². The number of hydrogen-bond donors (Lipinski definition) is 0. The van der Waals surface area contributed by atoms with Gasteiger partial charge in [0, 0.05) is 0 Å². The molecule has 0 aliphatic rings. The molecule has 1 unspecified atom stereocenters. The van der Waals surface area contributed by atoms with Crippen molar-refractivity contribution in [3.05, 3.63) is 30.4 Å². The Morgan fingerprint density at radius 3 is 2.10 bits per heavy atom. The second-order valence-corrected chi connectivity index (χ2v) is 4.00. The summed E-state index contributed by atoms with van der Waals surface area (Å²) < 4.78 is 20.9. The van der Waals surface area contributed by atoms with Gasteiger partial charge in [-0.2, -0.15) is 0 Å². The molecule has 1 aromatic rings. The van der Waals surface area contributed by atoms with Crippen LogP contribution in [0.5, 0.6) is 17.2 Å². The van der Waals surface area contributed by atoms with Gasteiger partial charge < -0.3 is 18.9 Å². The highest BCUT2D eigenvalue weighted by Gasteiger charge is 2.19. The SMILES string of the molecule is C=CC(CC)OC(=O)c1cc(OC)c(OC)c(OC)c1. The second-order valence-electron chi connectivity index (χ2n) is 4.00. The number of hydrogen-bond acceptors (Lipinski definition) is 5. The number of rotatable bonds is 7. The van der Waals surface area contributed by atoms with E-state index in [0.29, 0.717) is 29.2 Å². The molecule has 1 atom stereocenters. The van der Waals surface area contributed by atoms with Crippen molar-refractivity contribution in [2.75, 3.05) is 21.3 Å². The molecule has 0 aromatic heterocycles. The van der Waals surface area contributed by atoms with E-state index >= 15 is 0 Å². The van der Waals surface area contributed by atoms with Gasteiger partial charge in [0.1, 0.15) is 6.10 Å². The summed E-state index contributed by atoms with van der Waals surface area (Å²) >= 11 is 0. The lowest BCUT2D eigenvalue weighted by Crippen LogP contribution is -2.15. The Hall–Kier alpha value is -2.17. The quantitative estimate of drug-likeness (QED) is 0.568. The fourth-order valence-electron chi connectivity index (χ4n) is 1.70. The van der Waals surface area contributed by atoms with Gasteiger partial charge in [-0.25, -0.2) is 4.79 Å². The lowest BCUT2D eigenvalue weighted by molar-refractivity contribution is 0.0388. The smallest absolute Gasteiger partial charge is 0.338 e. The molecular formula is C15H20O5. The molecule has 1 aromatic carbocycles. The molecule has 1 rings (SSSR count). The molecule has 0 aliphatic heterocycles. The highest BCUT2D eigenvalue weighted by atomic mass is 16.5. The summed E-state index contributed by atoms with van der Waals surface area (Å²) in [6.45, 7) is 5.54. The van der Waals surface area contributed by atoms with E-state index in [0.717, 1.165) is 0 Å². The minimum Gasteiger partial charge on any atom is -0.493 e. The maximum absolute atomic E-state index is 12.1. The molecule has 5 heteroatoms. The van der Waals surface area contributed by atoms with Crippen molar-refractivity contribution in [2.24, 2.45) is 0 Å². The topological polar surface area (TPSA) is 54.0 Å². The lowest BCUT2D eigenvalue weighted by Gasteiger charge is -2.15. The first-order chi connectivity index (χ1) is 9.60. The molecule has 0 heterocycles. The summed E-state index contributed by atoms with van der Waals surface area (Å²) in [6.07, 6.45) is 1.94. The molecular weight excluding hydrogens is 260 g/mol. The Morgan fingerprint density at radius 1 is 1.20 bits per heavy atom. The average molecular weight is 280 g/mol. The molecule has 0 aliphatic carbocycles. The van der Waals surface area contributed by atoms with E-state index in [4.69, 9.17) is 18.9 Å². The Morgan fingerprint density at radius 2 is 1.75 bits per heavy atom. The van der Waals surface area contributed by atoms with E-state index in [2.05, 4.69) is 6.58 Å². The Balaban J connectivity index is 3.12. The maximum atomic E-state index is 12.1. The molecule has 110 valence electrons. The summed E-state index contributed by atoms with van der Waals surface area (Å²) in [6, 6.07) is 3.11. The Bertz CT molecular complexity index is 456. The van der Waals surface area contributed by atoms with Crippen LogP contribution in [0.4, 0.5) is 0 Å². The van der Waals surface area contributed by atoms with E-state index in [1.54, 1.807) is 18.2 Å². The average Bonchev–Trinajstić information content (AvgIpc) is 2.50. The van der Waals surface area contributed by atoms with Crippen LogP contribution < -0.4 is 14.2 Å². The number of carbonyl (C=O) groups is 1. The third-order valence-electron chi connectivity index (χ3n) is 2.82. The molecule has 0 spiro atoms. The second kappa shape index (κ2) is 7.43. The zero-order chi connectivity index (χ0) is 15.1. The van der Waals surface area contributed by atoms with Crippen molar-refractivity contribution in [2.45, 2.75) is 19.4 Å². The van der Waals surface area contributed by atoms with Crippen LogP contribution in [-0.2, 0) is 4.74 Å². The molecule has 0 fully saturated rings. The summed E-state index contributed by atoms with van der Waals surface area (Å²) in [5, 5.41) is 0. The van der Waals surface area contributed by atoms with Gasteiger partial charge in [0.25, 0.3) is 0 Å². The third-order valence-corrected chi connectivity index (χ3v) is 2.82. The first kappa shape index (κ1) is 15.9. The summed E-state index contributed by atoms with van der Waals surface area (Å²) in [7, 11) is 4.49. The van der Waals surface area contributed by atoms with Crippen LogP contribution in [-0.4, -0.2) is 33.4 Å².